The van der Waals surface area contributed by atoms with E-state index in [1.807, 2.05) is 56.3 Å². The summed E-state index contributed by atoms with van der Waals surface area (Å²) in [5, 5.41) is 5.72. The van der Waals surface area contributed by atoms with Crippen LogP contribution in [0.25, 0.3) is 0 Å². The molecule has 2 N–H and O–H groups in total. The van der Waals surface area contributed by atoms with E-state index in [-0.39, 0.29) is 18.5 Å². The molecule has 0 aliphatic rings. The molecule has 0 spiro atoms. The van der Waals surface area contributed by atoms with E-state index in [2.05, 4.69) is 26.6 Å². The fraction of sp³-hybridized carbons (Fsp3) is 0.300. The van der Waals surface area contributed by atoms with Crippen LogP contribution in [0.5, 0.6) is 0 Å². The van der Waals surface area contributed by atoms with Crippen LogP contribution in [0.4, 0.5) is 10.5 Å². The van der Waals surface area contributed by atoms with E-state index in [4.69, 9.17) is 0 Å². The van der Waals surface area contributed by atoms with Gasteiger partial charge in [-0.05, 0) is 49.2 Å². The second-order valence-electron chi connectivity index (χ2n) is 6.21. The number of hydrogen-bond acceptors (Lipinski definition) is 3. The molecule has 0 aliphatic carbocycles. The van der Waals surface area contributed by atoms with E-state index in [9.17, 15) is 9.59 Å². The van der Waals surface area contributed by atoms with Gasteiger partial charge in [0.15, 0.2) is 0 Å². The zero-order valence-electron chi connectivity index (χ0n) is 15.7. The van der Waals surface area contributed by atoms with Crippen molar-refractivity contribution in [3.63, 3.8) is 0 Å². The van der Waals surface area contributed by atoms with Crippen LogP contribution in [0.15, 0.2) is 51.8 Å². The summed E-state index contributed by atoms with van der Waals surface area (Å²) >= 11 is 5.07. The molecule has 0 bridgehead atoms. The summed E-state index contributed by atoms with van der Waals surface area (Å²) in [4.78, 5) is 26.9. The molecule has 0 saturated carbocycles. The Hall–Kier alpha value is -1.99. The first kappa shape index (κ1) is 21.3. The number of benzene rings is 2. The average Bonchev–Trinajstić information content (AvgIpc) is 2.63. The summed E-state index contributed by atoms with van der Waals surface area (Å²) < 4.78 is 1.04. The molecule has 0 heterocycles. The number of para-hydroxylation sites is 1. The Kier molecular flexibility index (Phi) is 8.19. The standard InChI is InChI=1S/C20H24BrN3O2S/c1-14-5-4-6-15(2)19(14)23-18(25)13-24(3)20(26)22-11-12-27-17-9-7-16(21)8-10-17/h4-10H,11-13H2,1-3H3,(H,22,26)(H,23,25). The van der Waals surface area contributed by atoms with Crippen LogP contribution in [0, 0.1) is 13.8 Å². The number of nitrogens with zero attached hydrogens (tertiary/aromatic N) is 1. The highest BCUT2D eigenvalue weighted by Gasteiger charge is 2.14. The van der Waals surface area contributed by atoms with E-state index < -0.39 is 0 Å². The summed E-state index contributed by atoms with van der Waals surface area (Å²) in [5.41, 5.74) is 2.81. The highest BCUT2D eigenvalue weighted by Crippen LogP contribution is 2.20. The molecular formula is C20H24BrN3O2S. The van der Waals surface area contributed by atoms with Crippen LogP contribution in [0.3, 0.4) is 0 Å². The zero-order valence-corrected chi connectivity index (χ0v) is 18.1. The van der Waals surface area contributed by atoms with Crippen molar-refractivity contribution in [2.75, 3.05) is 31.2 Å². The minimum Gasteiger partial charge on any atom is -0.337 e. The third kappa shape index (κ3) is 6.92. The number of urea groups is 1. The summed E-state index contributed by atoms with van der Waals surface area (Å²) in [7, 11) is 1.61. The van der Waals surface area contributed by atoms with E-state index >= 15 is 0 Å². The maximum Gasteiger partial charge on any atom is 0.317 e. The first-order chi connectivity index (χ1) is 12.9. The largest absolute Gasteiger partial charge is 0.337 e. The number of likely N-dealkylation sites (N-methyl/N-ethyl adjacent to an activating group) is 1. The predicted octanol–water partition coefficient (Wildman–Crippen LogP) is 4.44. The van der Waals surface area contributed by atoms with Crippen molar-refractivity contribution in [3.05, 3.63) is 58.1 Å². The van der Waals surface area contributed by atoms with Crippen LogP contribution in [0.1, 0.15) is 11.1 Å². The summed E-state index contributed by atoms with van der Waals surface area (Å²) in [6, 6.07) is 13.6. The average molecular weight is 450 g/mol. The third-order valence-electron chi connectivity index (χ3n) is 3.93. The Morgan fingerprint density at radius 3 is 2.33 bits per heavy atom. The molecule has 0 aliphatic heterocycles. The number of carbonyl (C=O) groups is 2. The van der Waals surface area contributed by atoms with Gasteiger partial charge in [0.1, 0.15) is 6.54 Å². The molecule has 144 valence electrons. The lowest BCUT2D eigenvalue weighted by atomic mass is 10.1. The molecule has 5 nitrogen and oxygen atoms in total. The Morgan fingerprint density at radius 2 is 1.70 bits per heavy atom. The number of amides is 3. The van der Waals surface area contributed by atoms with Crippen LogP contribution < -0.4 is 10.6 Å². The van der Waals surface area contributed by atoms with Gasteiger partial charge in [-0.25, -0.2) is 4.79 Å². The van der Waals surface area contributed by atoms with Crippen molar-refractivity contribution in [2.24, 2.45) is 0 Å². The van der Waals surface area contributed by atoms with Gasteiger partial charge >= 0.3 is 6.03 Å². The molecular weight excluding hydrogens is 426 g/mol. The molecule has 0 fully saturated rings. The number of halogens is 1. The first-order valence-electron chi connectivity index (χ1n) is 8.60. The highest BCUT2D eigenvalue weighted by molar-refractivity contribution is 9.10. The van der Waals surface area contributed by atoms with Crippen LogP contribution >= 0.6 is 27.7 Å². The van der Waals surface area contributed by atoms with E-state index in [1.165, 1.54) is 4.90 Å². The maximum absolute atomic E-state index is 12.2. The van der Waals surface area contributed by atoms with Gasteiger partial charge in [0.2, 0.25) is 5.91 Å². The van der Waals surface area contributed by atoms with Crippen molar-refractivity contribution in [2.45, 2.75) is 18.7 Å². The Balaban J connectivity index is 1.73. The van der Waals surface area contributed by atoms with Crippen LogP contribution in [-0.4, -0.2) is 42.7 Å². The van der Waals surface area contributed by atoms with E-state index in [0.29, 0.717) is 6.54 Å². The van der Waals surface area contributed by atoms with Crippen molar-refractivity contribution in [1.82, 2.24) is 10.2 Å². The number of carbonyl (C=O) groups excluding carboxylic acids is 2. The topological polar surface area (TPSA) is 61.4 Å². The van der Waals surface area contributed by atoms with Gasteiger partial charge in [0.25, 0.3) is 0 Å². The van der Waals surface area contributed by atoms with Gasteiger partial charge in [-0.15, -0.1) is 11.8 Å². The van der Waals surface area contributed by atoms with E-state index in [1.54, 1.807) is 18.8 Å². The number of aryl methyl sites for hydroxylation is 2. The lowest BCUT2D eigenvalue weighted by Crippen LogP contribution is -2.42. The molecule has 0 unspecified atom stereocenters. The van der Waals surface area contributed by atoms with Gasteiger partial charge in [-0.1, -0.05) is 34.1 Å². The van der Waals surface area contributed by atoms with Gasteiger partial charge < -0.3 is 15.5 Å². The number of hydrogen-bond donors (Lipinski definition) is 2. The first-order valence-corrected chi connectivity index (χ1v) is 10.4. The monoisotopic (exact) mass is 449 g/mol. The van der Waals surface area contributed by atoms with Gasteiger partial charge in [-0.3, -0.25) is 4.79 Å². The second kappa shape index (κ2) is 10.4. The maximum atomic E-state index is 12.2. The lowest BCUT2D eigenvalue weighted by molar-refractivity contribution is -0.116. The zero-order chi connectivity index (χ0) is 19.8. The normalized spacial score (nSPS) is 10.4. The molecule has 2 rings (SSSR count). The number of thioether (sulfide) groups is 1. The molecule has 2 aromatic carbocycles. The van der Waals surface area contributed by atoms with Gasteiger partial charge in [-0.2, -0.15) is 0 Å². The molecule has 0 saturated heterocycles. The van der Waals surface area contributed by atoms with Gasteiger partial charge in [0, 0.05) is 34.4 Å². The fourth-order valence-corrected chi connectivity index (χ4v) is 3.50. The second-order valence-corrected chi connectivity index (χ2v) is 8.29. The SMILES string of the molecule is Cc1cccc(C)c1NC(=O)CN(C)C(=O)NCCSc1ccc(Br)cc1. The lowest BCUT2D eigenvalue weighted by Gasteiger charge is -2.18. The number of anilines is 1. The molecule has 0 radical (unpaired) electrons. The van der Waals surface area contributed by atoms with Crippen molar-refractivity contribution >= 4 is 45.3 Å². The molecule has 7 heteroatoms. The molecule has 3 amide bonds. The van der Waals surface area contributed by atoms with Crippen molar-refractivity contribution in [1.29, 1.82) is 0 Å². The Labute approximate surface area is 173 Å². The highest BCUT2D eigenvalue weighted by atomic mass is 79.9. The molecule has 27 heavy (non-hydrogen) atoms. The van der Waals surface area contributed by atoms with Crippen LogP contribution in [-0.2, 0) is 4.79 Å². The summed E-state index contributed by atoms with van der Waals surface area (Å²) in [5.74, 6) is 0.546. The summed E-state index contributed by atoms with van der Waals surface area (Å²) in [6.07, 6.45) is 0. The molecule has 0 atom stereocenters. The minimum atomic E-state index is -0.261. The van der Waals surface area contributed by atoms with Crippen molar-refractivity contribution < 1.29 is 9.59 Å². The number of nitrogens with one attached hydrogen (secondary N) is 2. The minimum absolute atomic E-state index is 0.000533. The predicted molar refractivity (Wildman–Crippen MR) is 115 cm³/mol. The smallest absolute Gasteiger partial charge is 0.317 e. The quantitative estimate of drug-likeness (QED) is 0.485. The van der Waals surface area contributed by atoms with Gasteiger partial charge in [0.05, 0.1) is 0 Å². The number of rotatable bonds is 7. The fourth-order valence-electron chi connectivity index (χ4n) is 2.47. The molecule has 2 aromatic rings. The van der Waals surface area contributed by atoms with E-state index in [0.717, 1.165) is 31.9 Å². The summed E-state index contributed by atoms with van der Waals surface area (Å²) in [6.45, 7) is 4.42. The molecule has 0 aromatic heterocycles. The third-order valence-corrected chi connectivity index (χ3v) is 5.48. The Morgan fingerprint density at radius 1 is 1.07 bits per heavy atom. The van der Waals surface area contributed by atoms with Crippen LogP contribution in [0.2, 0.25) is 0 Å². The van der Waals surface area contributed by atoms with Crippen molar-refractivity contribution in [3.8, 4) is 0 Å². The Bertz CT molecular complexity index is 776.